The smallest absolute Gasteiger partial charge is 0.106 e. The van der Waals surface area contributed by atoms with Crippen LogP contribution in [0.4, 0.5) is 0 Å². The van der Waals surface area contributed by atoms with E-state index in [0.29, 0.717) is 0 Å². The van der Waals surface area contributed by atoms with Crippen LogP contribution in [0.15, 0.2) is 29.4 Å². The van der Waals surface area contributed by atoms with Gasteiger partial charge in [0.05, 0.1) is 6.21 Å². The molecule has 2 rings (SSSR count). The zero-order valence-corrected chi connectivity index (χ0v) is 7.73. The molecule has 0 spiro atoms. The fourth-order valence-electron chi connectivity index (χ4n) is 1.38. The molecule has 0 saturated heterocycles. The summed E-state index contributed by atoms with van der Waals surface area (Å²) >= 11 is 0. The molecule has 68 valence electrons. The third-order valence-electron chi connectivity index (χ3n) is 2.29. The van der Waals surface area contributed by atoms with Crippen molar-refractivity contribution in [1.29, 1.82) is 0 Å². The second-order valence-electron chi connectivity index (χ2n) is 3.36. The number of oxime groups is 1. The Morgan fingerprint density at radius 2 is 2.00 bits per heavy atom. The SMILES string of the molecule is CO/N=C/c1ccc(C2CC2)cc1. The number of nitrogens with zero attached hydrogens (tertiary/aromatic N) is 1. The van der Waals surface area contributed by atoms with Crippen molar-refractivity contribution >= 4 is 6.21 Å². The van der Waals surface area contributed by atoms with Crippen molar-refractivity contribution in [3.8, 4) is 0 Å². The monoisotopic (exact) mass is 175 g/mol. The molecule has 0 heterocycles. The predicted molar refractivity (Wildman–Crippen MR) is 53.0 cm³/mol. The van der Waals surface area contributed by atoms with Crippen LogP contribution >= 0.6 is 0 Å². The summed E-state index contributed by atoms with van der Waals surface area (Å²) in [5.74, 6) is 0.827. The lowest BCUT2D eigenvalue weighted by atomic mass is 10.1. The molecule has 1 aliphatic rings. The lowest BCUT2D eigenvalue weighted by Gasteiger charge is -1.97. The average molecular weight is 175 g/mol. The summed E-state index contributed by atoms with van der Waals surface area (Å²) in [5, 5.41) is 3.71. The van der Waals surface area contributed by atoms with Crippen LogP contribution in [0.3, 0.4) is 0 Å². The second kappa shape index (κ2) is 3.60. The zero-order valence-electron chi connectivity index (χ0n) is 7.73. The lowest BCUT2D eigenvalue weighted by molar-refractivity contribution is 0.215. The molecule has 2 nitrogen and oxygen atoms in total. The van der Waals surface area contributed by atoms with Crippen LogP contribution in [0.1, 0.15) is 29.9 Å². The normalized spacial score (nSPS) is 16.4. The molecule has 1 aromatic carbocycles. The molecule has 2 heteroatoms. The van der Waals surface area contributed by atoms with Gasteiger partial charge in [-0.1, -0.05) is 29.4 Å². The Bertz CT molecular complexity index is 298. The molecule has 0 aromatic heterocycles. The second-order valence-corrected chi connectivity index (χ2v) is 3.36. The molecule has 1 aliphatic carbocycles. The van der Waals surface area contributed by atoms with Crippen LogP contribution < -0.4 is 0 Å². The minimum atomic E-state index is 0.827. The maximum atomic E-state index is 4.61. The van der Waals surface area contributed by atoms with Gasteiger partial charge in [-0.2, -0.15) is 0 Å². The van der Waals surface area contributed by atoms with E-state index in [2.05, 4.69) is 34.3 Å². The zero-order chi connectivity index (χ0) is 9.10. The minimum absolute atomic E-state index is 0.827. The summed E-state index contributed by atoms with van der Waals surface area (Å²) in [6, 6.07) is 8.51. The van der Waals surface area contributed by atoms with Crippen molar-refractivity contribution in [2.75, 3.05) is 7.11 Å². The van der Waals surface area contributed by atoms with Gasteiger partial charge in [-0.25, -0.2) is 0 Å². The van der Waals surface area contributed by atoms with E-state index in [0.717, 1.165) is 11.5 Å². The fraction of sp³-hybridized carbons (Fsp3) is 0.364. The van der Waals surface area contributed by atoms with E-state index in [9.17, 15) is 0 Å². The van der Waals surface area contributed by atoms with Gasteiger partial charge in [-0.15, -0.1) is 0 Å². The first-order valence-electron chi connectivity index (χ1n) is 4.56. The molecule has 0 aliphatic heterocycles. The van der Waals surface area contributed by atoms with E-state index in [1.165, 1.54) is 18.4 Å². The first-order valence-corrected chi connectivity index (χ1v) is 4.56. The van der Waals surface area contributed by atoms with Gasteiger partial charge in [0.25, 0.3) is 0 Å². The Kier molecular flexibility index (Phi) is 2.30. The first-order chi connectivity index (χ1) is 6.40. The molecule has 1 aromatic rings. The van der Waals surface area contributed by atoms with Gasteiger partial charge in [-0.05, 0) is 29.9 Å². The summed E-state index contributed by atoms with van der Waals surface area (Å²) in [6.07, 6.45) is 4.42. The van der Waals surface area contributed by atoms with E-state index in [1.807, 2.05) is 0 Å². The van der Waals surface area contributed by atoms with Crippen LogP contribution in [0.25, 0.3) is 0 Å². The van der Waals surface area contributed by atoms with Gasteiger partial charge in [0.15, 0.2) is 0 Å². The Morgan fingerprint density at radius 3 is 2.54 bits per heavy atom. The van der Waals surface area contributed by atoms with Gasteiger partial charge in [0, 0.05) is 0 Å². The van der Waals surface area contributed by atoms with Gasteiger partial charge >= 0.3 is 0 Å². The van der Waals surface area contributed by atoms with Gasteiger partial charge in [-0.3, -0.25) is 0 Å². The Balaban J connectivity index is 2.08. The number of hydrogen-bond donors (Lipinski definition) is 0. The number of benzene rings is 1. The van der Waals surface area contributed by atoms with Gasteiger partial charge < -0.3 is 4.84 Å². The molecule has 1 fully saturated rings. The van der Waals surface area contributed by atoms with Crippen molar-refractivity contribution in [3.05, 3.63) is 35.4 Å². The van der Waals surface area contributed by atoms with E-state index in [4.69, 9.17) is 0 Å². The Hall–Kier alpha value is -1.31. The van der Waals surface area contributed by atoms with Crippen molar-refractivity contribution < 1.29 is 4.84 Å². The van der Waals surface area contributed by atoms with E-state index < -0.39 is 0 Å². The summed E-state index contributed by atoms with van der Waals surface area (Å²) in [7, 11) is 1.55. The van der Waals surface area contributed by atoms with Crippen molar-refractivity contribution in [1.82, 2.24) is 0 Å². The summed E-state index contributed by atoms with van der Waals surface area (Å²) in [5.41, 5.74) is 2.54. The predicted octanol–water partition coefficient (Wildman–Crippen LogP) is 2.54. The molecule has 0 bridgehead atoms. The molecule has 0 unspecified atom stereocenters. The maximum absolute atomic E-state index is 4.61. The van der Waals surface area contributed by atoms with Crippen molar-refractivity contribution in [2.24, 2.45) is 5.16 Å². The Morgan fingerprint density at radius 1 is 1.31 bits per heavy atom. The van der Waals surface area contributed by atoms with Crippen LogP contribution in [0.5, 0.6) is 0 Å². The Labute approximate surface area is 78.2 Å². The summed E-state index contributed by atoms with van der Waals surface area (Å²) < 4.78 is 0. The fourth-order valence-corrected chi connectivity index (χ4v) is 1.38. The topological polar surface area (TPSA) is 21.6 Å². The highest BCUT2D eigenvalue weighted by Crippen LogP contribution is 2.39. The van der Waals surface area contributed by atoms with Gasteiger partial charge in [0.2, 0.25) is 0 Å². The number of hydrogen-bond acceptors (Lipinski definition) is 2. The van der Waals surface area contributed by atoms with Gasteiger partial charge in [0.1, 0.15) is 7.11 Å². The van der Waals surface area contributed by atoms with Crippen LogP contribution in [-0.2, 0) is 4.84 Å². The largest absolute Gasteiger partial charge is 0.399 e. The van der Waals surface area contributed by atoms with Crippen LogP contribution in [-0.4, -0.2) is 13.3 Å². The maximum Gasteiger partial charge on any atom is 0.106 e. The summed E-state index contributed by atoms with van der Waals surface area (Å²) in [4.78, 5) is 4.61. The highest BCUT2D eigenvalue weighted by Gasteiger charge is 2.22. The van der Waals surface area contributed by atoms with Crippen molar-refractivity contribution in [3.63, 3.8) is 0 Å². The molecule has 0 amide bonds. The molecule has 0 atom stereocenters. The quantitative estimate of drug-likeness (QED) is 0.511. The van der Waals surface area contributed by atoms with Crippen LogP contribution in [0.2, 0.25) is 0 Å². The third-order valence-corrected chi connectivity index (χ3v) is 2.29. The highest BCUT2D eigenvalue weighted by molar-refractivity contribution is 5.79. The number of rotatable bonds is 3. The molecule has 0 N–H and O–H groups in total. The highest BCUT2D eigenvalue weighted by atomic mass is 16.6. The average Bonchev–Trinajstić information content (AvgIpc) is 2.99. The molecule has 1 saturated carbocycles. The molecular formula is C11H13NO. The lowest BCUT2D eigenvalue weighted by Crippen LogP contribution is -1.83. The van der Waals surface area contributed by atoms with Crippen LogP contribution in [0, 0.1) is 0 Å². The standard InChI is InChI=1S/C11H13NO/c1-13-12-8-9-2-4-10(5-3-9)11-6-7-11/h2-5,8,11H,6-7H2,1H3/b12-8+. The first kappa shape index (κ1) is 8.30. The summed E-state index contributed by atoms with van der Waals surface area (Å²) in [6.45, 7) is 0. The molecule has 0 radical (unpaired) electrons. The third kappa shape index (κ3) is 2.08. The van der Waals surface area contributed by atoms with E-state index in [-0.39, 0.29) is 0 Å². The molecular weight excluding hydrogens is 162 g/mol. The molecule has 13 heavy (non-hydrogen) atoms. The van der Waals surface area contributed by atoms with E-state index >= 15 is 0 Å². The minimum Gasteiger partial charge on any atom is -0.399 e. The van der Waals surface area contributed by atoms with Crippen molar-refractivity contribution in [2.45, 2.75) is 18.8 Å². The van der Waals surface area contributed by atoms with E-state index in [1.54, 1.807) is 13.3 Å².